The van der Waals surface area contributed by atoms with Crippen molar-refractivity contribution in [3.63, 3.8) is 0 Å². The average Bonchev–Trinajstić information content (AvgIpc) is 2.22. The quantitative estimate of drug-likeness (QED) is 0.580. The highest BCUT2D eigenvalue weighted by Crippen LogP contribution is 2.17. The monoisotopic (exact) mass is 217 g/mol. The maximum absolute atomic E-state index is 13.1. The highest BCUT2D eigenvalue weighted by Gasteiger charge is 2.13. The van der Waals surface area contributed by atoms with Crippen molar-refractivity contribution >= 4 is 0 Å². The van der Waals surface area contributed by atoms with Crippen LogP contribution < -0.4 is 5.48 Å². The molecule has 1 rings (SSSR count). The Kier molecular flexibility index (Phi) is 4.61. The molecule has 0 heterocycles. The van der Waals surface area contributed by atoms with Gasteiger partial charge in [-0.15, -0.1) is 0 Å². The van der Waals surface area contributed by atoms with Gasteiger partial charge in [0, 0.05) is 5.56 Å². The smallest absolute Gasteiger partial charge is 0.129 e. The molecule has 2 N–H and O–H groups in total. The lowest BCUT2D eigenvalue weighted by Gasteiger charge is -2.12. The summed E-state index contributed by atoms with van der Waals surface area (Å²) in [5, 5.41) is 9.50. The number of hydrogen-bond acceptors (Lipinski definition) is 3. The number of hydroxylamine groups is 1. The van der Waals surface area contributed by atoms with Crippen LogP contribution >= 0.6 is 0 Å². The Balaban J connectivity index is 2.64. The highest BCUT2D eigenvalue weighted by atomic mass is 19.1. The zero-order chi connectivity index (χ0) is 11.3. The topological polar surface area (TPSA) is 41.5 Å². The summed E-state index contributed by atoms with van der Waals surface area (Å²) in [5.74, 6) is -1.22. The zero-order valence-electron chi connectivity index (χ0n) is 8.34. The largest absolute Gasteiger partial charge is 0.387 e. The van der Waals surface area contributed by atoms with Crippen molar-refractivity contribution in [1.29, 1.82) is 0 Å². The Hall–Kier alpha value is -1.04. The first-order valence-electron chi connectivity index (χ1n) is 4.62. The minimum atomic E-state index is -1.13. The molecular formula is C10H13F2NO2. The summed E-state index contributed by atoms with van der Waals surface area (Å²) in [6, 6.07) is 2.95. The molecule has 84 valence electrons. The van der Waals surface area contributed by atoms with E-state index in [0.29, 0.717) is 6.61 Å². The number of aliphatic hydroxyl groups is 1. The Bertz CT molecular complexity index is 320. The number of aliphatic hydroxyl groups excluding tert-OH is 1. The molecule has 0 aliphatic heterocycles. The molecule has 1 unspecified atom stereocenters. The Morgan fingerprint density at radius 1 is 1.47 bits per heavy atom. The van der Waals surface area contributed by atoms with E-state index in [2.05, 4.69) is 5.48 Å². The van der Waals surface area contributed by atoms with E-state index in [4.69, 9.17) is 4.84 Å². The summed E-state index contributed by atoms with van der Waals surface area (Å²) in [4.78, 5) is 4.77. The SMILES string of the molecule is CCONCC(O)c1cc(F)ccc1F. The van der Waals surface area contributed by atoms with Crippen molar-refractivity contribution in [1.82, 2.24) is 5.48 Å². The summed E-state index contributed by atoms with van der Waals surface area (Å²) in [7, 11) is 0. The van der Waals surface area contributed by atoms with Gasteiger partial charge in [0.05, 0.1) is 19.3 Å². The summed E-state index contributed by atoms with van der Waals surface area (Å²) >= 11 is 0. The summed E-state index contributed by atoms with van der Waals surface area (Å²) in [5.41, 5.74) is 2.36. The van der Waals surface area contributed by atoms with E-state index in [1.807, 2.05) is 0 Å². The highest BCUT2D eigenvalue weighted by molar-refractivity contribution is 5.21. The van der Waals surface area contributed by atoms with E-state index in [0.717, 1.165) is 18.2 Å². The van der Waals surface area contributed by atoms with Crippen LogP contribution in [0, 0.1) is 11.6 Å². The molecule has 0 bridgehead atoms. The normalized spacial score (nSPS) is 12.8. The van der Waals surface area contributed by atoms with E-state index >= 15 is 0 Å². The van der Waals surface area contributed by atoms with E-state index in [9.17, 15) is 13.9 Å². The third-order valence-electron chi connectivity index (χ3n) is 1.84. The maximum Gasteiger partial charge on any atom is 0.129 e. The van der Waals surface area contributed by atoms with E-state index in [-0.39, 0.29) is 12.1 Å². The predicted molar refractivity (Wildman–Crippen MR) is 50.9 cm³/mol. The molecule has 1 aromatic rings. The fourth-order valence-corrected chi connectivity index (χ4v) is 1.12. The van der Waals surface area contributed by atoms with E-state index < -0.39 is 17.7 Å². The lowest BCUT2D eigenvalue weighted by atomic mass is 10.1. The van der Waals surface area contributed by atoms with E-state index in [1.54, 1.807) is 6.92 Å². The number of halogens is 2. The van der Waals surface area contributed by atoms with Crippen molar-refractivity contribution in [2.24, 2.45) is 0 Å². The molecule has 1 aromatic carbocycles. The third kappa shape index (κ3) is 3.54. The molecular weight excluding hydrogens is 204 g/mol. The maximum atomic E-state index is 13.1. The molecule has 5 heteroatoms. The Morgan fingerprint density at radius 3 is 2.87 bits per heavy atom. The fraction of sp³-hybridized carbons (Fsp3) is 0.400. The van der Waals surface area contributed by atoms with Gasteiger partial charge in [-0.3, -0.25) is 0 Å². The van der Waals surface area contributed by atoms with Crippen molar-refractivity contribution in [3.8, 4) is 0 Å². The molecule has 0 saturated heterocycles. The van der Waals surface area contributed by atoms with Crippen LogP contribution in [0.25, 0.3) is 0 Å². The van der Waals surface area contributed by atoms with Gasteiger partial charge in [-0.1, -0.05) is 0 Å². The first-order chi connectivity index (χ1) is 7.15. The van der Waals surface area contributed by atoms with Crippen LogP contribution in [0.4, 0.5) is 8.78 Å². The first-order valence-corrected chi connectivity index (χ1v) is 4.62. The van der Waals surface area contributed by atoms with Crippen molar-refractivity contribution in [2.75, 3.05) is 13.2 Å². The Morgan fingerprint density at radius 2 is 2.20 bits per heavy atom. The van der Waals surface area contributed by atoms with Crippen LogP contribution in [0.3, 0.4) is 0 Å². The first kappa shape index (κ1) is 12.0. The fourth-order valence-electron chi connectivity index (χ4n) is 1.12. The molecule has 0 saturated carbocycles. The summed E-state index contributed by atoms with van der Waals surface area (Å²) in [6.07, 6.45) is -1.13. The second kappa shape index (κ2) is 5.75. The molecule has 0 amide bonds. The van der Waals surface area contributed by atoms with Gasteiger partial charge in [0.25, 0.3) is 0 Å². The average molecular weight is 217 g/mol. The molecule has 0 aromatic heterocycles. The van der Waals surface area contributed by atoms with Gasteiger partial charge in [-0.25, -0.2) is 8.78 Å². The third-order valence-corrected chi connectivity index (χ3v) is 1.84. The molecule has 0 radical (unpaired) electrons. The minimum Gasteiger partial charge on any atom is -0.387 e. The van der Waals surface area contributed by atoms with Crippen LogP contribution in [0.2, 0.25) is 0 Å². The molecule has 0 spiro atoms. The molecule has 0 aliphatic rings. The standard InChI is InChI=1S/C10H13F2NO2/c1-2-15-13-6-10(14)8-5-7(11)3-4-9(8)12/h3-5,10,13-14H,2,6H2,1H3. The molecule has 3 nitrogen and oxygen atoms in total. The van der Waals surface area contributed by atoms with Gasteiger partial charge in [-0.2, -0.15) is 5.48 Å². The van der Waals surface area contributed by atoms with E-state index in [1.165, 1.54) is 0 Å². The molecule has 0 fully saturated rings. The van der Waals surface area contributed by atoms with Gasteiger partial charge in [-0.05, 0) is 25.1 Å². The second-order valence-electron chi connectivity index (χ2n) is 2.96. The van der Waals surface area contributed by atoms with Crippen LogP contribution in [0.1, 0.15) is 18.6 Å². The number of rotatable bonds is 5. The number of hydrogen-bond donors (Lipinski definition) is 2. The van der Waals surface area contributed by atoms with Gasteiger partial charge in [0.15, 0.2) is 0 Å². The minimum absolute atomic E-state index is 0.00815. The van der Waals surface area contributed by atoms with Crippen molar-refractivity contribution in [2.45, 2.75) is 13.0 Å². The number of benzene rings is 1. The van der Waals surface area contributed by atoms with Crippen LogP contribution in [0.5, 0.6) is 0 Å². The van der Waals surface area contributed by atoms with Gasteiger partial charge >= 0.3 is 0 Å². The van der Waals surface area contributed by atoms with Crippen LogP contribution in [-0.4, -0.2) is 18.3 Å². The summed E-state index contributed by atoms with van der Waals surface area (Å²) in [6.45, 7) is 2.20. The predicted octanol–water partition coefficient (Wildman–Crippen LogP) is 1.54. The lowest BCUT2D eigenvalue weighted by Crippen LogP contribution is -2.22. The Labute approximate surface area is 86.6 Å². The molecule has 0 aliphatic carbocycles. The van der Waals surface area contributed by atoms with Gasteiger partial charge in [0.1, 0.15) is 11.6 Å². The van der Waals surface area contributed by atoms with Crippen molar-refractivity contribution < 1.29 is 18.7 Å². The van der Waals surface area contributed by atoms with Crippen LogP contribution in [-0.2, 0) is 4.84 Å². The van der Waals surface area contributed by atoms with Crippen molar-refractivity contribution in [3.05, 3.63) is 35.4 Å². The van der Waals surface area contributed by atoms with Gasteiger partial charge < -0.3 is 9.94 Å². The van der Waals surface area contributed by atoms with Crippen LogP contribution in [0.15, 0.2) is 18.2 Å². The lowest BCUT2D eigenvalue weighted by molar-refractivity contribution is 0.0201. The second-order valence-corrected chi connectivity index (χ2v) is 2.96. The number of nitrogens with one attached hydrogen (secondary N) is 1. The molecule has 1 atom stereocenters. The summed E-state index contributed by atoms with van der Waals surface area (Å²) < 4.78 is 25.9. The molecule has 15 heavy (non-hydrogen) atoms. The zero-order valence-corrected chi connectivity index (χ0v) is 8.34. The van der Waals surface area contributed by atoms with Gasteiger partial charge in [0.2, 0.25) is 0 Å².